The normalized spacial score (nSPS) is 22.9. The van der Waals surface area contributed by atoms with E-state index >= 15 is 0 Å². The SMILES string of the molecule is CCOc1c(Br)cc(CNC2CCCCCC2O)cc1Br. The van der Waals surface area contributed by atoms with Crippen molar-refractivity contribution in [2.75, 3.05) is 6.61 Å². The molecule has 118 valence electrons. The van der Waals surface area contributed by atoms with Gasteiger partial charge in [0.25, 0.3) is 0 Å². The summed E-state index contributed by atoms with van der Waals surface area (Å²) < 4.78 is 7.51. The molecule has 1 aliphatic carbocycles. The number of rotatable bonds is 5. The van der Waals surface area contributed by atoms with Crippen molar-refractivity contribution in [3.63, 3.8) is 0 Å². The van der Waals surface area contributed by atoms with Gasteiger partial charge in [-0.05, 0) is 69.3 Å². The minimum atomic E-state index is -0.220. The summed E-state index contributed by atoms with van der Waals surface area (Å²) in [6.45, 7) is 3.37. The number of hydrogen-bond acceptors (Lipinski definition) is 3. The summed E-state index contributed by atoms with van der Waals surface area (Å²) in [5.74, 6) is 0.843. The van der Waals surface area contributed by atoms with Gasteiger partial charge in [0.2, 0.25) is 0 Å². The molecule has 0 radical (unpaired) electrons. The van der Waals surface area contributed by atoms with E-state index in [0.29, 0.717) is 6.61 Å². The molecule has 21 heavy (non-hydrogen) atoms. The molecule has 0 spiro atoms. The molecular weight excluding hydrogens is 398 g/mol. The third-order valence-corrected chi connectivity index (χ3v) is 5.07. The van der Waals surface area contributed by atoms with E-state index in [2.05, 4.69) is 49.3 Å². The van der Waals surface area contributed by atoms with Crippen molar-refractivity contribution in [2.45, 2.75) is 57.7 Å². The van der Waals surface area contributed by atoms with Crippen LogP contribution in [0.4, 0.5) is 0 Å². The largest absolute Gasteiger partial charge is 0.492 e. The van der Waals surface area contributed by atoms with Crippen molar-refractivity contribution >= 4 is 31.9 Å². The number of ether oxygens (including phenoxy) is 1. The van der Waals surface area contributed by atoms with Crippen LogP contribution in [0.15, 0.2) is 21.1 Å². The Morgan fingerprint density at radius 1 is 1.19 bits per heavy atom. The second kappa shape index (κ2) is 8.51. The monoisotopic (exact) mass is 419 g/mol. The number of aliphatic hydroxyl groups excluding tert-OH is 1. The maximum Gasteiger partial charge on any atom is 0.147 e. The lowest BCUT2D eigenvalue weighted by Crippen LogP contribution is -2.38. The molecule has 1 aromatic rings. The highest BCUT2D eigenvalue weighted by atomic mass is 79.9. The molecule has 5 heteroatoms. The van der Waals surface area contributed by atoms with Crippen LogP contribution < -0.4 is 10.1 Å². The first kappa shape index (κ1) is 17.3. The molecule has 0 bridgehead atoms. The average Bonchev–Trinajstić information content (AvgIpc) is 2.65. The quantitative estimate of drug-likeness (QED) is 0.694. The van der Waals surface area contributed by atoms with Crippen molar-refractivity contribution in [2.24, 2.45) is 0 Å². The Morgan fingerprint density at radius 3 is 2.52 bits per heavy atom. The van der Waals surface area contributed by atoms with Crippen LogP contribution in [-0.4, -0.2) is 23.9 Å². The topological polar surface area (TPSA) is 41.5 Å². The highest BCUT2D eigenvalue weighted by Crippen LogP contribution is 2.34. The Morgan fingerprint density at radius 2 is 1.86 bits per heavy atom. The van der Waals surface area contributed by atoms with Crippen molar-refractivity contribution in [1.29, 1.82) is 0 Å². The fourth-order valence-electron chi connectivity index (χ4n) is 2.77. The van der Waals surface area contributed by atoms with Crippen LogP contribution in [0.1, 0.15) is 44.6 Å². The summed E-state index contributed by atoms with van der Waals surface area (Å²) in [6.07, 6.45) is 5.32. The van der Waals surface area contributed by atoms with E-state index in [9.17, 15) is 5.11 Å². The van der Waals surface area contributed by atoms with Crippen LogP contribution >= 0.6 is 31.9 Å². The highest BCUT2D eigenvalue weighted by molar-refractivity contribution is 9.11. The second-order valence-corrected chi connectivity index (χ2v) is 7.22. The number of benzene rings is 1. The molecule has 2 unspecified atom stereocenters. The zero-order chi connectivity index (χ0) is 15.2. The third kappa shape index (κ3) is 4.95. The smallest absolute Gasteiger partial charge is 0.147 e. The molecule has 2 rings (SSSR count). The molecule has 1 fully saturated rings. The van der Waals surface area contributed by atoms with Crippen LogP contribution in [0.25, 0.3) is 0 Å². The number of hydrogen-bond donors (Lipinski definition) is 2. The summed E-state index contributed by atoms with van der Waals surface area (Å²) >= 11 is 7.11. The van der Waals surface area contributed by atoms with Gasteiger partial charge in [-0.3, -0.25) is 0 Å². The van der Waals surface area contributed by atoms with E-state index < -0.39 is 0 Å². The van der Waals surface area contributed by atoms with E-state index in [1.165, 1.54) is 18.4 Å². The predicted molar refractivity (Wildman–Crippen MR) is 92.7 cm³/mol. The van der Waals surface area contributed by atoms with Gasteiger partial charge in [0, 0.05) is 12.6 Å². The lowest BCUT2D eigenvalue weighted by atomic mass is 10.1. The molecule has 1 aliphatic rings. The summed E-state index contributed by atoms with van der Waals surface area (Å²) in [7, 11) is 0. The first-order chi connectivity index (χ1) is 10.1. The lowest BCUT2D eigenvalue weighted by Gasteiger charge is -2.22. The summed E-state index contributed by atoms with van der Waals surface area (Å²) in [5, 5.41) is 13.7. The lowest BCUT2D eigenvalue weighted by molar-refractivity contribution is 0.119. The third-order valence-electron chi connectivity index (χ3n) is 3.89. The standard InChI is InChI=1S/C16H23Br2NO2/c1-2-21-16-12(17)8-11(9-13(16)18)10-19-14-6-4-3-5-7-15(14)20/h8-9,14-15,19-20H,2-7,10H2,1H3. The molecule has 1 saturated carbocycles. The van der Waals surface area contributed by atoms with E-state index in [1.54, 1.807) is 0 Å². The zero-order valence-electron chi connectivity index (χ0n) is 12.4. The fourth-order valence-corrected chi connectivity index (χ4v) is 4.28. The molecule has 1 aromatic carbocycles. The Kier molecular flexibility index (Phi) is 6.99. The molecule has 3 nitrogen and oxygen atoms in total. The first-order valence-electron chi connectivity index (χ1n) is 7.64. The van der Waals surface area contributed by atoms with E-state index in [1.807, 2.05) is 6.92 Å². The van der Waals surface area contributed by atoms with Crippen LogP contribution in [0.5, 0.6) is 5.75 Å². The molecular formula is C16H23Br2NO2. The molecule has 0 heterocycles. The Hall–Kier alpha value is -0.100. The summed E-state index contributed by atoms with van der Waals surface area (Å²) in [5.41, 5.74) is 1.17. The molecule has 0 saturated heterocycles. The predicted octanol–water partition coefficient (Wildman–Crippen LogP) is 4.39. The highest BCUT2D eigenvalue weighted by Gasteiger charge is 2.21. The molecule has 0 aromatic heterocycles. The van der Waals surface area contributed by atoms with E-state index in [0.717, 1.165) is 40.5 Å². The van der Waals surface area contributed by atoms with Crippen LogP contribution in [0, 0.1) is 0 Å². The number of nitrogens with one attached hydrogen (secondary N) is 1. The minimum absolute atomic E-state index is 0.205. The van der Waals surface area contributed by atoms with Gasteiger partial charge in [-0.25, -0.2) is 0 Å². The number of aliphatic hydroxyl groups is 1. The number of halogens is 2. The van der Waals surface area contributed by atoms with Gasteiger partial charge in [-0.2, -0.15) is 0 Å². The fraction of sp³-hybridized carbons (Fsp3) is 0.625. The van der Waals surface area contributed by atoms with Gasteiger partial charge in [-0.1, -0.05) is 19.3 Å². The van der Waals surface area contributed by atoms with Gasteiger partial charge in [0.05, 0.1) is 21.7 Å². The Bertz CT molecular complexity index is 445. The van der Waals surface area contributed by atoms with Crippen LogP contribution in [-0.2, 0) is 6.54 Å². The van der Waals surface area contributed by atoms with E-state index in [-0.39, 0.29) is 12.1 Å². The van der Waals surface area contributed by atoms with Crippen molar-refractivity contribution in [1.82, 2.24) is 5.32 Å². The van der Waals surface area contributed by atoms with Gasteiger partial charge in [0.1, 0.15) is 5.75 Å². The summed E-state index contributed by atoms with van der Waals surface area (Å²) in [4.78, 5) is 0. The van der Waals surface area contributed by atoms with Gasteiger partial charge < -0.3 is 15.2 Å². The average molecular weight is 421 g/mol. The van der Waals surface area contributed by atoms with Crippen molar-refractivity contribution in [3.05, 3.63) is 26.6 Å². The van der Waals surface area contributed by atoms with Crippen LogP contribution in [0.3, 0.4) is 0 Å². The molecule has 0 amide bonds. The van der Waals surface area contributed by atoms with E-state index in [4.69, 9.17) is 4.74 Å². The molecule has 2 N–H and O–H groups in total. The molecule has 0 aliphatic heterocycles. The minimum Gasteiger partial charge on any atom is -0.492 e. The maximum absolute atomic E-state index is 10.1. The van der Waals surface area contributed by atoms with Gasteiger partial charge in [-0.15, -0.1) is 0 Å². The van der Waals surface area contributed by atoms with Crippen LogP contribution in [0.2, 0.25) is 0 Å². The van der Waals surface area contributed by atoms with Gasteiger partial charge in [0.15, 0.2) is 0 Å². The van der Waals surface area contributed by atoms with Crippen molar-refractivity contribution in [3.8, 4) is 5.75 Å². The Balaban J connectivity index is 1.99. The summed E-state index contributed by atoms with van der Waals surface area (Å²) in [6, 6.07) is 4.36. The van der Waals surface area contributed by atoms with Crippen molar-refractivity contribution < 1.29 is 9.84 Å². The van der Waals surface area contributed by atoms with Gasteiger partial charge >= 0.3 is 0 Å². The maximum atomic E-state index is 10.1. The first-order valence-corrected chi connectivity index (χ1v) is 9.22. The Labute approximate surface area is 143 Å². The second-order valence-electron chi connectivity index (χ2n) is 5.51. The zero-order valence-corrected chi connectivity index (χ0v) is 15.5. The molecule has 2 atom stereocenters.